The molecule has 0 aromatic carbocycles. The second kappa shape index (κ2) is 5.30. The summed E-state index contributed by atoms with van der Waals surface area (Å²) < 4.78 is 1.91. The van der Waals surface area contributed by atoms with Crippen LogP contribution in [0.5, 0.6) is 0 Å². The average Bonchev–Trinajstić information content (AvgIpc) is 3.26. The standard InChI is InChI=1S/C17H19N7O/c1-11-6-14-17(18-4-5-24(14)21-11)23-9-12-7-22(8-13(12)10-23)15-2-3-16(25)20-19-15/h2-6,12-13H,7-10H2,1H3,(H,20,25). The number of fused-ring (bicyclic) bond motifs is 2. The average molecular weight is 337 g/mol. The van der Waals surface area contributed by atoms with Crippen LogP contribution in [0.1, 0.15) is 5.69 Å². The third-order valence-corrected chi connectivity index (χ3v) is 5.27. The minimum Gasteiger partial charge on any atom is -0.354 e. The van der Waals surface area contributed by atoms with E-state index in [9.17, 15) is 4.79 Å². The number of aromatic nitrogens is 5. The van der Waals surface area contributed by atoms with Gasteiger partial charge in [0.25, 0.3) is 5.56 Å². The normalized spacial score (nSPS) is 22.8. The number of hydrogen-bond acceptors (Lipinski definition) is 6. The maximum absolute atomic E-state index is 11.2. The summed E-state index contributed by atoms with van der Waals surface area (Å²) in [6, 6.07) is 5.43. The van der Waals surface area contributed by atoms with E-state index in [0.29, 0.717) is 11.8 Å². The fraction of sp³-hybridized carbons (Fsp3) is 0.412. The predicted octanol–water partition coefficient (Wildman–Crippen LogP) is 0.694. The lowest BCUT2D eigenvalue weighted by atomic mass is 10.0. The molecule has 0 radical (unpaired) electrons. The number of nitrogens with zero attached hydrogens (tertiary/aromatic N) is 6. The van der Waals surface area contributed by atoms with E-state index in [1.54, 1.807) is 6.07 Å². The van der Waals surface area contributed by atoms with Crippen LogP contribution in [-0.4, -0.2) is 51.0 Å². The maximum Gasteiger partial charge on any atom is 0.264 e. The fourth-order valence-corrected chi connectivity index (χ4v) is 4.14. The summed E-state index contributed by atoms with van der Waals surface area (Å²) in [6.45, 7) is 5.90. The van der Waals surface area contributed by atoms with E-state index < -0.39 is 0 Å². The van der Waals surface area contributed by atoms with Crippen LogP contribution in [0.15, 0.2) is 35.4 Å². The van der Waals surface area contributed by atoms with E-state index in [2.05, 4.69) is 36.1 Å². The molecule has 8 heteroatoms. The van der Waals surface area contributed by atoms with Crippen molar-refractivity contribution in [3.8, 4) is 0 Å². The van der Waals surface area contributed by atoms with Crippen molar-refractivity contribution in [3.05, 3.63) is 46.6 Å². The van der Waals surface area contributed by atoms with Crippen LogP contribution >= 0.6 is 0 Å². The Morgan fingerprint density at radius 1 is 1.12 bits per heavy atom. The van der Waals surface area contributed by atoms with Crippen molar-refractivity contribution in [1.29, 1.82) is 0 Å². The molecule has 0 aliphatic carbocycles. The summed E-state index contributed by atoms with van der Waals surface area (Å²) in [6.07, 6.45) is 3.71. The van der Waals surface area contributed by atoms with E-state index in [1.165, 1.54) is 6.07 Å². The molecule has 2 aliphatic rings. The van der Waals surface area contributed by atoms with Crippen LogP contribution in [0.4, 0.5) is 11.6 Å². The van der Waals surface area contributed by atoms with Gasteiger partial charge in [-0.3, -0.25) is 4.79 Å². The van der Waals surface area contributed by atoms with Crippen molar-refractivity contribution in [3.63, 3.8) is 0 Å². The first-order chi connectivity index (χ1) is 12.2. The molecule has 2 atom stereocenters. The Labute approximate surface area is 144 Å². The van der Waals surface area contributed by atoms with Gasteiger partial charge in [0.1, 0.15) is 11.3 Å². The lowest BCUT2D eigenvalue weighted by Crippen LogP contribution is -2.30. The van der Waals surface area contributed by atoms with Gasteiger partial charge in [-0.2, -0.15) is 10.2 Å². The van der Waals surface area contributed by atoms with Crippen LogP contribution in [0, 0.1) is 18.8 Å². The number of rotatable bonds is 2. The van der Waals surface area contributed by atoms with Crippen LogP contribution in [0.3, 0.4) is 0 Å². The minimum absolute atomic E-state index is 0.162. The molecule has 2 aliphatic heterocycles. The highest BCUT2D eigenvalue weighted by Crippen LogP contribution is 2.35. The molecule has 0 saturated carbocycles. The molecule has 2 unspecified atom stereocenters. The van der Waals surface area contributed by atoms with Gasteiger partial charge < -0.3 is 9.80 Å². The van der Waals surface area contributed by atoms with Gasteiger partial charge >= 0.3 is 0 Å². The Morgan fingerprint density at radius 2 is 1.88 bits per heavy atom. The molecule has 3 aromatic heterocycles. The highest BCUT2D eigenvalue weighted by atomic mass is 16.1. The number of nitrogens with one attached hydrogen (secondary N) is 1. The highest BCUT2D eigenvalue weighted by Gasteiger charge is 2.41. The Balaban J connectivity index is 1.36. The van der Waals surface area contributed by atoms with E-state index in [0.717, 1.165) is 49.0 Å². The lowest BCUT2D eigenvalue weighted by molar-refractivity contribution is 0.533. The van der Waals surface area contributed by atoms with Crippen LogP contribution in [0.2, 0.25) is 0 Å². The number of hydrogen-bond donors (Lipinski definition) is 1. The molecule has 25 heavy (non-hydrogen) atoms. The van der Waals surface area contributed by atoms with Gasteiger partial charge in [0.15, 0.2) is 5.82 Å². The van der Waals surface area contributed by atoms with Gasteiger partial charge in [0.2, 0.25) is 0 Å². The fourth-order valence-electron chi connectivity index (χ4n) is 4.14. The number of aromatic amines is 1. The van der Waals surface area contributed by atoms with Crippen molar-refractivity contribution >= 4 is 17.2 Å². The maximum atomic E-state index is 11.2. The van der Waals surface area contributed by atoms with E-state index in [1.807, 2.05) is 23.8 Å². The Hall–Kier alpha value is -2.90. The number of aryl methyl sites for hydroxylation is 1. The zero-order valence-corrected chi connectivity index (χ0v) is 14.0. The molecule has 0 spiro atoms. The molecular weight excluding hydrogens is 318 g/mol. The Morgan fingerprint density at radius 3 is 2.60 bits per heavy atom. The summed E-state index contributed by atoms with van der Waals surface area (Å²) >= 11 is 0. The first-order valence-corrected chi connectivity index (χ1v) is 8.54. The molecule has 1 N–H and O–H groups in total. The Kier molecular flexibility index (Phi) is 3.06. The van der Waals surface area contributed by atoms with Gasteiger partial charge in [-0.15, -0.1) is 0 Å². The molecule has 3 aromatic rings. The summed E-state index contributed by atoms with van der Waals surface area (Å²) in [7, 11) is 0. The summed E-state index contributed by atoms with van der Waals surface area (Å²) in [5.74, 6) is 3.04. The first-order valence-electron chi connectivity index (χ1n) is 8.54. The topological polar surface area (TPSA) is 82.4 Å². The molecule has 2 fully saturated rings. The molecule has 5 heterocycles. The summed E-state index contributed by atoms with van der Waals surface area (Å²) in [5, 5.41) is 11.2. The SMILES string of the molecule is Cc1cc2c(N3CC4CN(c5ccc(=O)[nH]n5)CC4C3)nccn2n1. The van der Waals surface area contributed by atoms with Crippen LogP contribution in [-0.2, 0) is 0 Å². The van der Waals surface area contributed by atoms with Gasteiger partial charge in [0, 0.05) is 56.5 Å². The van der Waals surface area contributed by atoms with E-state index in [4.69, 9.17) is 0 Å². The van der Waals surface area contributed by atoms with Gasteiger partial charge in [0.05, 0.1) is 5.69 Å². The monoisotopic (exact) mass is 337 g/mol. The smallest absolute Gasteiger partial charge is 0.264 e. The molecule has 0 bridgehead atoms. The third-order valence-electron chi connectivity index (χ3n) is 5.27. The number of anilines is 2. The lowest BCUT2D eigenvalue weighted by Gasteiger charge is -2.23. The Bertz CT molecular complexity index is 960. The largest absolute Gasteiger partial charge is 0.354 e. The van der Waals surface area contributed by atoms with E-state index >= 15 is 0 Å². The molecule has 0 amide bonds. The molecular formula is C17H19N7O. The van der Waals surface area contributed by atoms with Gasteiger partial charge in [-0.1, -0.05) is 0 Å². The second-order valence-corrected chi connectivity index (χ2v) is 6.98. The predicted molar refractivity (Wildman–Crippen MR) is 94.0 cm³/mol. The van der Waals surface area contributed by atoms with E-state index in [-0.39, 0.29) is 5.56 Å². The molecule has 2 saturated heterocycles. The molecule has 8 nitrogen and oxygen atoms in total. The van der Waals surface area contributed by atoms with Crippen molar-refractivity contribution in [2.24, 2.45) is 11.8 Å². The number of H-pyrrole nitrogens is 1. The quantitative estimate of drug-likeness (QED) is 0.741. The van der Waals surface area contributed by atoms with Gasteiger partial charge in [-0.05, 0) is 19.1 Å². The minimum atomic E-state index is -0.162. The van der Waals surface area contributed by atoms with Crippen molar-refractivity contribution < 1.29 is 0 Å². The molecule has 5 rings (SSSR count). The van der Waals surface area contributed by atoms with Crippen LogP contribution in [0.25, 0.3) is 5.52 Å². The summed E-state index contributed by atoms with van der Waals surface area (Å²) in [4.78, 5) is 20.4. The van der Waals surface area contributed by atoms with Gasteiger partial charge in [-0.25, -0.2) is 14.6 Å². The van der Waals surface area contributed by atoms with Crippen molar-refractivity contribution in [1.82, 2.24) is 24.8 Å². The third kappa shape index (κ3) is 2.36. The van der Waals surface area contributed by atoms with Crippen LogP contribution < -0.4 is 15.4 Å². The zero-order valence-electron chi connectivity index (χ0n) is 14.0. The highest BCUT2D eigenvalue weighted by molar-refractivity contribution is 5.69. The molecule has 128 valence electrons. The summed E-state index contributed by atoms with van der Waals surface area (Å²) in [5.41, 5.74) is 1.91. The van der Waals surface area contributed by atoms with Crippen molar-refractivity contribution in [2.45, 2.75) is 6.92 Å². The zero-order chi connectivity index (χ0) is 17.0. The first kappa shape index (κ1) is 14.4. The second-order valence-electron chi connectivity index (χ2n) is 6.98. The van der Waals surface area contributed by atoms with Crippen molar-refractivity contribution in [2.75, 3.05) is 36.0 Å².